The third kappa shape index (κ3) is 3.64. The van der Waals surface area contributed by atoms with E-state index in [0.717, 1.165) is 18.5 Å². The summed E-state index contributed by atoms with van der Waals surface area (Å²) >= 11 is 0. The van der Waals surface area contributed by atoms with E-state index in [2.05, 4.69) is 18.8 Å². The lowest BCUT2D eigenvalue weighted by atomic mass is 10.1. The van der Waals surface area contributed by atoms with Gasteiger partial charge in [-0.3, -0.25) is 0 Å². The van der Waals surface area contributed by atoms with Crippen LogP contribution < -0.4 is 11.1 Å². The Balaban J connectivity index is 3.50. The van der Waals surface area contributed by atoms with E-state index in [4.69, 9.17) is 5.73 Å². The number of hydrogen-bond donors (Lipinski definition) is 2. The van der Waals surface area contributed by atoms with Gasteiger partial charge in [0.1, 0.15) is 0 Å². The second kappa shape index (κ2) is 5.45. The first-order chi connectivity index (χ1) is 4.72. The fourth-order valence-electron chi connectivity index (χ4n) is 0.777. The Labute approximate surface area is 63.5 Å². The molecule has 0 amide bonds. The molecule has 0 rings (SSSR count). The molecule has 0 bridgehead atoms. The first-order valence-corrected chi connectivity index (χ1v) is 3.81. The SMILES string of the molecule is C=C(C)[C@H](CN)NCCC. The van der Waals surface area contributed by atoms with Crippen LogP contribution in [0.2, 0.25) is 0 Å². The Morgan fingerprint density at radius 2 is 2.30 bits per heavy atom. The summed E-state index contributed by atoms with van der Waals surface area (Å²) in [6, 6.07) is 0.306. The van der Waals surface area contributed by atoms with Crippen molar-refractivity contribution in [3.05, 3.63) is 12.2 Å². The van der Waals surface area contributed by atoms with Gasteiger partial charge in [0.15, 0.2) is 0 Å². The molecule has 0 aliphatic heterocycles. The zero-order chi connectivity index (χ0) is 7.98. The van der Waals surface area contributed by atoms with Crippen molar-refractivity contribution in [2.75, 3.05) is 13.1 Å². The summed E-state index contributed by atoms with van der Waals surface area (Å²) < 4.78 is 0. The van der Waals surface area contributed by atoms with Crippen LogP contribution in [0.25, 0.3) is 0 Å². The van der Waals surface area contributed by atoms with Crippen molar-refractivity contribution in [1.82, 2.24) is 5.32 Å². The van der Waals surface area contributed by atoms with Crippen molar-refractivity contribution < 1.29 is 0 Å². The Morgan fingerprint density at radius 3 is 2.60 bits per heavy atom. The maximum Gasteiger partial charge on any atom is 0.0398 e. The van der Waals surface area contributed by atoms with Gasteiger partial charge in [-0.05, 0) is 19.9 Å². The summed E-state index contributed by atoms with van der Waals surface area (Å²) in [7, 11) is 0. The van der Waals surface area contributed by atoms with Crippen LogP contribution in [0.15, 0.2) is 12.2 Å². The molecule has 0 heterocycles. The van der Waals surface area contributed by atoms with E-state index >= 15 is 0 Å². The maximum atomic E-state index is 5.49. The molecule has 0 unspecified atom stereocenters. The minimum Gasteiger partial charge on any atom is -0.329 e. The van der Waals surface area contributed by atoms with E-state index in [1.807, 2.05) is 6.92 Å². The molecule has 0 spiro atoms. The molecule has 0 saturated carbocycles. The van der Waals surface area contributed by atoms with E-state index in [0.29, 0.717) is 12.6 Å². The number of nitrogens with one attached hydrogen (secondary N) is 1. The molecule has 0 aromatic heterocycles. The van der Waals surface area contributed by atoms with Crippen LogP contribution in [0.1, 0.15) is 20.3 Å². The molecule has 2 nitrogen and oxygen atoms in total. The summed E-state index contributed by atoms with van der Waals surface area (Å²) in [5, 5.41) is 3.29. The average molecular weight is 142 g/mol. The summed E-state index contributed by atoms with van der Waals surface area (Å²) in [5.41, 5.74) is 6.61. The summed E-state index contributed by atoms with van der Waals surface area (Å²) in [6.07, 6.45) is 1.14. The van der Waals surface area contributed by atoms with Crippen LogP contribution in [0, 0.1) is 0 Å². The average Bonchev–Trinajstić information content (AvgIpc) is 1.89. The largest absolute Gasteiger partial charge is 0.329 e. The Bertz CT molecular complexity index is 99.4. The van der Waals surface area contributed by atoms with Gasteiger partial charge in [-0.1, -0.05) is 19.1 Å². The number of nitrogens with two attached hydrogens (primary N) is 1. The molecule has 0 aliphatic carbocycles. The van der Waals surface area contributed by atoms with Crippen LogP contribution in [-0.2, 0) is 0 Å². The van der Waals surface area contributed by atoms with Gasteiger partial charge < -0.3 is 11.1 Å². The molecule has 0 aromatic rings. The van der Waals surface area contributed by atoms with E-state index in [1.54, 1.807) is 0 Å². The van der Waals surface area contributed by atoms with Crippen LogP contribution in [0.4, 0.5) is 0 Å². The zero-order valence-corrected chi connectivity index (χ0v) is 6.98. The Kier molecular flexibility index (Phi) is 5.26. The van der Waals surface area contributed by atoms with Gasteiger partial charge in [0.2, 0.25) is 0 Å². The molecule has 3 N–H and O–H groups in total. The van der Waals surface area contributed by atoms with Crippen LogP contribution >= 0.6 is 0 Å². The van der Waals surface area contributed by atoms with Crippen molar-refractivity contribution in [2.24, 2.45) is 5.73 Å². The van der Waals surface area contributed by atoms with Crippen molar-refractivity contribution in [2.45, 2.75) is 26.3 Å². The van der Waals surface area contributed by atoms with Crippen molar-refractivity contribution in [1.29, 1.82) is 0 Å². The van der Waals surface area contributed by atoms with E-state index in [9.17, 15) is 0 Å². The predicted octanol–water partition coefficient (Wildman–Crippen LogP) is 0.889. The second-order valence-electron chi connectivity index (χ2n) is 2.59. The normalized spacial score (nSPS) is 13.1. The van der Waals surface area contributed by atoms with Crippen molar-refractivity contribution >= 4 is 0 Å². The lowest BCUT2D eigenvalue weighted by Gasteiger charge is -2.15. The first kappa shape index (κ1) is 9.66. The molecule has 0 radical (unpaired) electrons. The van der Waals surface area contributed by atoms with Crippen LogP contribution in [-0.4, -0.2) is 19.1 Å². The molecule has 10 heavy (non-hydrogen) atoms. The minimum absolute atomic E-state index is 0.306. The van der Waals surface area contributed by atoms with Crippen LogP contribution in [0.3, 0.4) is 0 Å². The third-order valence-corrected chi connectivity index (χ3v) is 1.47. The van der Waals surface area contributed by atoms with Gasteiger partial charge in [0.25, 0.3) is 0 Å². The standard InChI is InChI=1S/C8H18N2/c1-4-5-10-8(6-9)7(2)3/h8,10H,2,4-6,9H2,1,3H3/t8-/m0/s1. The van der Waals surface area contributed by atoms with E-state index in [-0.39, 0.29) is 0 Å². The van der Waals surface area contributed by atoms with Gasteiger partial charge in [0.05, 0.1) is 0 Å². The molecule has 60 valence electrons. The third-order valence-electron chi connectivity index (χ3n) is 1.47. The molecule has 0 aromatic carbocycles. The lowest BCUT2D eigenvalue weighted by Crippen LogP contribution is -2.37. The van der Waals surface area contributed by atoms with Gasteiger partial charge in [-0.2, -0.15) is 0 Å². The molecule has 0 saturated heterocycles. The highest BCUT2D eigenvalue weighted by molar-refractivity contribution is 5.01. The van der Waals surface area contributed by atoms with Gasteiger partial charge in [-0.25, -0.2) is 0 Å². The van der Waals surface area contributed by atoms with Crippen LogP contribution in [0.5, 0.6) is 0 Å². The van der Waals surface area contributed by atoms with Crippen molar-refractivity contribution in [3.63, 3.8) is 0 Å². The van der Waals surface area contributed by atoms with E-state index in [1.165, 1.54) is 0 Å². The smallest absolute Gasteiger partial charge is 0.0398 e. The maximum absolute atomic E-state index is 5.49. The highest BCUT2D eigenvalue weighted by atomic mass is 14.9. The molecular weight excluding hydrogens is 124 g/mol. The van der Waals surface area contributed by atoms with Crippen molar-refractivity contribution in [3.8, 4) is 0 Å². The fraction of sp³-hybridized carbons (Fsp3) is 0.750. The molecule has 0 fully saturated rings. The molecule has 2 heteroatoms. The lowest BCUT2D eigenvalue weighted by molar-refractivity contribution is 0.573. The summed E-state index contributed by atoms with van der Waals surface area (Å²) in [4.78, 5) is 0. The minimum atomic E-state index is 0.306. The Morgan fingerprint density at radius 1 is 1.70 bits per heavy atom. The quantitative estimate of drug-likeness (QED) is 0.559. The summed E-state index contributed by atoms with van der Waals surface area (Å²) in [5.74, 6) is 0. The monoisotopic (exact) mass is 142 g/mol. The first-order valence-electron chi connectivity index (χ1n) is 3.81. The number of hydrogen-bond acceptors (Lipinski definition) is 2. The van der Waals surface area contributed by atoms with Gasteiger partial charge in [0, 0.05) is 12.6 Å². The van der Waals surface area contributed by atoms with Gasteiger partial charge >= 0.3 is 0 Å². The predicted molar refractivity (Wildman–Crippen MR) is 46.0 cm³/mol. The molecular formula is C8H18N2. The highest BCUT2D eigenvalue weighted by Crippen LogP contribution is 1.94. The topological polar surface area (TPSA) is 38.0 Å². The summed E-state index contributed by atoms with van der Waals surface area (Å²) in [6.45, 7) is 9.65. The fourth-order valence-corrected chi connectivity index (χ4v) is 0.777. The zero-order valence-electron chi connectivity index (χ0n) is 6.98. The molecule has 0 aliphatic rings. The van der Waals surface area contributed by atoms with E-state index < -0.39 is 0 Å². The molecule has 1 atom stereocenters. The van der Waals surface area contributed by atoms with Gasteiger partial charge in [-0.15, -0.1) is 0 Å². The Hall–Kier alpha value is -0.340. The second-order valence-corrected chi connectivity index (χ2v) is 2.59. The highest BCUT2D eigenvalue weighted by Gasteiger charge is 2.03. The number of rotatable bonds is 5.